The predicted molar refractivity (Wildman–Crippen MR) is 111 cm³/mol. The van der Waals surface area contributed by atoms with Crippen LogP contribution in [-0.2, 0) is 22.1 Å². The molecule has 6 nitrogen and oxygen atoms in total. The quantitative estimate of drug-likeness (QED) is 0.412. The van der Waals surface area contributed by atoms with E-state index < -0.39 is 9.84 Å². The summed E-state index contributed by atoms with van der Waals surface area (Å²) in [6, 6.07) is 2.07. The number of thioether (sulfide) groups is 1. The summed E-state index contributed by atoms with van der Waals surface area (Å²) in [5.74, 6) is 1.74. The summed E-state index contributed by atoms with van der Waals surface area (Å²) in [6.07, 6.45) is 2.40. The van der Waals surface area contributed by atoms with Gasteiger partial charge in [0.1, 0.15) is 10.8 Å². The lowest BCUT2D eigenvalue weighted by Crippen LogP contribution is -2.11. The first-order chi connectivity index (χ1) is 13.1. The van der Waals surface area contributed by atoms with Gasteiger partial charge in [-0.25, -0.2) is 13.4 Å². The Morgan fingerprint density at radius 2 is 2.26 bits per heavy atom. The second-order valence-electron chi connectivity index (χ2n) is 6.28. The van der Waals surface area contributed by atoms with Gasteiger partial charge in [0.25, 0.3) is 0 Å². The van der Waals surface area contributed by atoms with Gasteiger partial charge in [0, 0.05) is 34.5 Å². The Balaban J connectivity index is 1.50. The second kappa shape index (κ2) is 7.86. The molecule has 0 N–H and O–H groups in total. The van der Waals surface area contributed by atoms with Crippen LogP contribution in [0, 0.1) is 0 Å². The maximum absolute atomic E-state index is 11.8. The molecule has 0 aromatic carbocycles. The minimum absolute atomic E-state index is 0.0822. The summed E-state index contributed by atoms with van der Waals surface area (Å²) < 4.78 is 25.6. The van der Waals surface area contributed by atoms with Gasteiger partial charge < -0.3 is 4.57 Å². The molecule has 0 saturated carbocycles. The van der Waals surface area contributed by atoms with Crippen molar-refractivity contribution in [3.8, 4) is 10.6 Å². The molecule has 0 aliphatic carbocycles. The molecule has 1 atom stereocenters. The normalized spacial score (nSPS) is 18.7. The standard InChI is InChI=1S/C17H18N4O2S4/c1-2-5-21-15(13-4-7-27(22,23)11-13)19-20-17(21)26-10-14-9-25-16(18-14)12-3-6-24-8-12/h2-3,6,8-9,13H,1,4-5,7,10-11H2. The van der Waals surface area contributed by atoms with Crippen molar-refractivity contribution < 1.29 is 8.42 Å². The zero-order valence-electron chi connectivity index (χ0n) is 14.4. The van der Waals surface area contributed by atoms with Gasteiger partial charge in [0.05, 0.1) is 17.2 Å². The Hall–Kier alpha value is -1.49. The summed E-state index contributed by atoms with van der Waals surface area (Å²) in [4.78, 5) is 4.69. The fourth-order valence-corrected chi connectivity index (χ4v) is 7.26. The van der Waals surface area contributed by atoms with Gasteiger partial charge in [-0.2, -0.15) is 11.3 Å². The molecule has 1 aliphatic heterocycles. The molecular weight excluding hydrogens is 420 g/mol. The Kier molecular flexibility index (Phi) is 5.49. The van der Waals surface area contributed by atoms with E-state index in [0.717, 1.165) is 27.2 Å². The van der Waals surface area contributed by atoms with E-state index in [0.29, 0.717) is 18.7 Å². The minimum Gasteiger partial charge on any atom is -0.302 e. The summed E-state index contributed by atoms with van der Waals surface area (Å²) in [6.45, 7) is 4.38. The van der Waals surface area contributed by atoms with Gasteiger partial charge in [-0.1, -0.05) is 17.8 Å². The van der Waals surface area contributed by atoms with Crippen LogP contribution in [0.4, 0.5) is 0 Å². The van der Waals surface area contributed by atoms with Crippen molar-refractivity contribution in [2.45, 2.75) is 29.8 Å². The number of thiophene rings is 1. The molecule has 10 heteroatoms. The lowest BCUT2D eigenvalue weighted by molar-refractivity contribution is 0.597. The third-order valence-electron chi connectivity index (χ3n) is 4.32. The van der Waals surface area contributed by atoms with Crippen molar-refractivity contribution in [2.75, 3.05) is 11.5 Å². The first-order valence-electron chi connectivity index (χ1n) is 8.40. The highest BCUT2D eigenvalue weighted by atomic mass is 32.2. The third-order valence-corrected chi connectivity index (χ3v) is 8.72. The Morgan fingerprint density at radius 1 is 1.37 bits per heavy atom. The van der Waals surface area contributed by atoms with Crippen molar-refractivity contribution in [1.82, 2.24) is 19.7 Å². The second-order valence-corrected chi connectivity index (χ2v) is 11.1. The Labute approximate surface area is 170 Å². The molecule has 1 fully saturated rings. The molecule has 1 unspecified atom stereocenters. The minimum atomic E-state index is -2.96. The molecule has 142 valence electrons. The first kappa shape index (κ1) is 18.9. The largest absolute Gasteiger partial charge is 0.302 e. The number of thiazole rings is 1. The molecule has 0 spiro atoms. The summed E-state index contributed by atoms with van der Waals surface area (Å²) >= 11 is 4.87. The fourth-order valence-electron chi connectivity index (χ4n) is 3.04. The number of aromatic nitrogens is 4. The van der Waals surface area contributed by atoms with Gasteiger partial charge in [0.2, 0.25) is 0 Å². The zero-order valence-corrected chi connectivity index (χ0v) is 17.7. The van der Waals surface area contributed by atoms with Crippen LogP contribution < -0.4 is 0 Å². The van der Waals surface area contributed by atoms with Crippen LogP contribution in [0.5, 0.6) is 0 Å². The van der Waals surface area contributed by atoms with Crippen LogP contribution in [0.15, 0.2) is 40.0 Å². The molecule has 4 rings (SSSR count). The van der Waals surface area contributed by atoms with Gasteiger partial charge in [-0.15, -0.1) is 28.1 Å². The number of nitrogens with zero attached hydrogens (tertiary/aromatic N) is 4. The molecule has 0 amide bonds. The Morgan fingerprint density at radius 3 is 2.96 bits per heavy atom. The topological polar surface area (TPSA) is 77.7 Å². The average Bonchev–Trinajstić information content (AvgIpc) is 3.40. The van der Waals surface area contributed by atoms with Crippen molar-refractivity contribution in [3.63, 3.8) is 0 Å². The monoisotopic (exact) mass is 438 g/mol. The van der Waals surface area contributed by atoms with Crippen LogP contribution in [0.1, 0.15) is 23.9 Å². The van der Waals surface area contributed by atoms with E-state index in [1.54, 1.807) is 40.5 Å². The van der Waals surface area contributed by atoms with Gasteiger partial charge >= 0.3 is 0 Å². The van der Waals surface area contributed by atoms with Crippen molar-refractivity contribution in [3.05, 3.63) is 46.4 Å². The third kappa shape index (κ3) is 4.18. The lowest BCUT2D eigenvalue weighted by atomic mass is 10.1. The summed E-state index contributed by atoms with van der Waals surface area (Å²) in [5.41, 5.74) is 2.16. The van der Waals surface area contributed by atoms with E-state index in [1.807, 2.05) is 9.95 Å². The van der Waals surface area contributed by atoms with Crippen molar-refractivity contribution >= 4 is 44.3 Å². The molecule has 27 heavy (non-hydrogen) atoms. The smallest absolute Gasteiger partial charge is 0.191 e. The van der Waals surface area contributed by atoms with Crippen LogP contribution in [0.2, 0.25) is 0 Å². The highest BCUT2D eigenvalue weighted by molar-refractivity contribution is 7.98. The van der Waals surface area contributed by atoms with E-state index in [9.17, 15) is 8.42 Å². The fraction of sp³-hybridized carbons (Fsp3) is 0.353. The molecule has 0 bridgehead atoms. The maximum Gasteiger partial charge on any atom is 0.191 e. The lowest BCUT2D eigenvalue weighted by Gasteiger charge is -2.10. The number of hydrogen-bond donors (Lipinski definition) is 0. The SMILES string of the molecule is C=CCn1c(SCc2csc(-c3ccsc3)n2)nnc1C1CCS(=O)(=O)C1. The number of sulfone groups is 1. The molecule has 3 aromatic heterocycles. The van der Waals surface area contributed by atoms with E-state index >= 15 is 0 Å². The van der Waals surface area contributed by atoms with E-state index in [1.165, 1.54) is 0 Å². The highest BCUT2D eigenvalue weighted by Gasteiger charge is 2.33. The van der Waals surface area contributed by atoms with Gasteiger partial charge in [-0.05, 0) is 17.9 Å². The van der Waals surface area contributed by atoms with Crippen LogP contribution in [0.25, 0.3) is 10.6 Å². The first-order valence-corrected chi connectivity index (χ1v) is 13.0. The molecule has 1 aliphatic rings. The summed E-state index contributed by atoms with van der Waals surface area (Å²) in [5, 5.41) is 16.6. The maximum atomic E-state index is 11.8. The Bertz CT molecular complexity index is 1040. The molecule has 1 saturated heterocycles. The van der Waals surface area contributed by atoms with E-state index in [-0.39, 0.29) is 17.4 Å². The predicted octanol–water partition coefficient (Wildman–Crippen LogP) is 3.84. The number of hydrogen-bond acceptors (Lipinski definition) is 8. The molecule has 0 radical (unpaired) electrons. The van der Waals surface area contributed by atoms with Crippen LogP contribution >= 0.6 is 34.4 Å². The van der Waals surface area contributed by atoms with Crippen LogP contribution in [-0.4, -0.2) is 39.7 Å². The molecular formula is C17H18N4O2S4. The summed E-state index contributed by atoms with van der Waals surface area (Å²) in [7, 11) is -2.96. The highest BCUT2D eigenvalue weighted by Crippen LogP contribution is 2.32. The van der Waals surface area contributed by atoms with E-state index in [4.69, 9.17) is 4.98 Å². The number of allylic oxidation sites excluding steroid dienone is 1. The van der Waals surface area contributed by atoms with Gasteiger partial charge in [-0.3, -0.25) is 0 Å². The van der Waals surface area contributed by atoms with Crippen molar-refractivity contribution in [1.29, 1.82) is 0 Å². The van der Waals surface area contributed by atoms with Crippen LogP contribution in [0.3, 0.4) is 0 Å². The molecule has 4 heterocycles. The average molecular weight is 439 g/mol. The zero-order chi connectivity index (χ0) is 18.9. The van der Waals surface area contributed by atoms with Crippen molar-refractivity contribution in [2.24, 2.45) is 0 Å². The van der Waals surface area contributed by atoms with Gasteiger partial charge in [0.15, 0.2) is 15.0 Å². The number of rotatable bonds is 7. The molecule has 3 aromatic rings. The van der Waals surface area contributed by atoms with E-state index in [2.05, 4.69) is 33.6 Å².